The van der Waals surface area contributed by atoms with Crippen LogP contribution < -0.4 is 9.80 Å². The Hall–Kier alpha value is -2.21. The smallest absolute Gasteiger partial charge is 0.309 e. The molecule has 1 aromatic carbocycles. The third-order valence-electron chi connectivity index (χ3n) is 5.39. The number of carbonyl (C=O) groups is 3. The van der Waals surface area contributed by atoms with Crippen LogP contribution in [0.15, 0.2) is 18.2 Å². The molecule has 0 aliphatic carbocycles. The summed E-state index contributed by atoms with van der Waals surface area (Å²) in [4.78, 5) is 39.5. The topological polar surface area (TPSA) is 68.1 Å². The second-order valence-electron chi connectivity index (χ2n) is 7.07. The van der Waals surface area contributed by atoms with Crippen molar-refractivity contribution in [3.8, 4) is 0 Å². The van der Waals surface area contributed by atoms with E-state index in [1.165, 1.54) is 12.0 Å². The minimum absolute atomic E-state index is 0.0867. The van der Waals surface area contributed by atoms with Gasteiger partial charge in [0.25, 0.3) is 5.91 Å². The highest BCUT2D eigenvalue weighted by Crippen LogP contribution is 2.26. The number of nitrogens with one attached hydrogen (secondary N) is 1. The number of amides is 2. The second kappa shape index (κ2) is 6.96. The van der Waals surface area contributed by atoms with Crippen molar-refractivity contribution in [2.24, 2.45) is 5.92 Å². The van der Waals surface area contributed by atoms with Gasteiger partial charge in [-0.25, -0.2) is 4.90 Å². The molecule has 25 heavy (non-hydrogen) atoms. The number of quaternary nitrogens is 1. The Bertz CT molecular complexity index is 707. The number of ether oxygens (including phenoxy) is 1. The summed E-state index contributed by atoms with van der Waals surface area (Å²) in [5.41, 5.74) is 2.72. The summed E-state index contributed by atoms with van der Waals surface area (Å²) < 4.78 is 4.81. The van der Waals surface area contributed by atoms with Gasteiger partial charge in [0.2, 0.25) is 5.91 Å². The highest BCUT2D eigenvalue weighted by Gasteiger charge is 2.47. The maximum absolute atomic E-state index is 12.9. The van der Waals surface area contributed by atoms with Gasteiger partial charge in [-0.2, -0.15) is 0 Å². The highest BCUT2D eigenvalue weighted by atomic mass is 16.5. The quantitative estimate of drug-likeness (QED) is 0.636. The first kappa shape index (κ1) is 17.6. The molecule has 6 heteroatoms. The Morgan fingerprint density at radius 2 is 1.88 bits per heavy atom. The second-order valence-corrected chi connectivity index (χ2v) is 7.07. The maximum Gasteiger partial charge on any atom is 0.309 e. The first-order chi connectivity index (χ1) is 11.9. The lowest BCUT2D eigenvalue weighted by Gasteiger charge is -2.31. The largest absolute Gasteiger partial charge is 0.469 e. The molecule has 2 aliphatic rings. The van der Waals surface area contributed by atoms with E-state index >= 15 is 0 Å². The van der Waals surface area contributed by atoms with Crippen LogP contribution in [0.25, 0.3) is 0 Å². The fourth-order valence-corrected chi connectivity index (χ4v) is 4.00. The summed E-state index contributed by atoms with van der Waals surface area (Å²) in [5, 5.41) is 0. The van der Waals surface area contributed by atoms with Crippen LogP contribution in [-0.2, 0) is 19.1 Å². The van der Waals surface area contributed by atoms with Gasteiger partial charge < -0.3 is 9.64 Å². The SMILES string of the molecule is COC(=O)C1CC[NH+]([C@H]2CC(=O)N(c3ccc(C)cc3C)C2=O)CC1. The van der Waals surface area contributed by atoms with Crippen molar-refractivity contribution in [2.75, 3.05) is 25.1 Å². The fourth-order valence-electron chi connectivity index (χ4n) is 4.00. The Kier molecular flexibility index (Phi) is 4.90. The molecular formula is C19H25N2O4+. The molecule has 1 atom stereocenters. The summed E-state index contributed by atoms with van der Waals surface area (Å²) >= 11 is 0. The number of imide groups is 1. The minimum atomic E-state index is -0.341. The zero-order valence-electron chi connectivity index (χ0n) is 15.0. The van der Waals surface area contributed by atoms with Crippen molar-refractivity contribution < 1.29 is 24.0 Å². The van der Waals surface area contributed by atoms with Crippen LogP contribution in [-0.4, -0.2) is 44.0 Å². The van der Waals surface area contributed by atoms with Gasteiger partial charge in [-0.3, -0.25) is 14.4 Å². The van der Waals surface area contributed by atoms with E-state index in [1.54, 1.807) is 0 Å². The number of likely N-dealkylation sites (tertiary alicyclic amines) is 1. The molecule has 2 aliphatic heterocycles. The molecule has 2 fully saturated rings. The van der Waals surface area contributed by atoms with E-state index in [9.17, 15) is 14.4 Å². The van der Waals surface area contributed by atoms with Gasteiger partial charge >= 0.3 is 5.97 Å². The zero-order valence-corrected chi connectivity index (χ0v) is 15.0. The van der Waals surface area contributed by atoms with E-state index < -0.39 is 0 Å². The Morgan fingerprint density at radius 1 is 1.20 bits per heavy atom. The number of methoxy groups -OCH3 is 1. The van der Waals surface area contributed by atoms with Gasteiger partial charge in [0.05, 0.1) is 38.2 Å². The Morgan fingerprint density at radius 3 is 2.48 bits per heavy atom. The molecule has 0 saturated carbocycles. The normalized spacial score (nSPS) is 26.8. The standard InChI is InChI=1S/C19H24N2O4/c1-12-4-5-15(13(2)10-12)21-17(22)11-16(18(21)23)20-8-6-14(7-9-20)19(24)25-3/h4-5,10,14,16H,6-9,11H2,1-3H3/p+1/t16-/m0/s1. The number of nitrogens with zero attached hydrogens (tertiary/aromatic N) is 1. The van der Waals surface area contributed by atoms with Gasteiger partial charge in [0.1, 0.15) is 0 Å². The monoisotopic (exact) mass is 345 g/mol. The number of carbonyl (C=O) groups excluding carboxylic acids is 3. The number of aryl methyl sites for hydroxylation is 2. The summed E-state index contributed by atoms with van der Waals surface area (Å²) in [7, 11) is 1.41. The van der Waals surface area contributed by atoms with Crippen LogP contribution in [0, 0.1) is 19.8 Å². The number of benzene rings is 1. The van der Waals surface area contributed by atoms with Gasteiger partial charge in [0, 0.05) is 12.8 Å². The van der Waals surface area contributed by atoms with Crippen LogP contribution in [0.3, 0.4) is 0 Å². The molecule has 1 N–H and O–H groups in total. The van der Waals surface area contributed by atoms with Crippen LogP contribution >= 0.6 is 0 Å². The van der Waals surface area contributed by atoms with Crippen molar-refractivity contribution in [3.63, 3.8) is 0 Å². The predicted octanol–water partition coefficient (Wildman–Crippen LogP) is 0.403. The zero-order chi connectivity index (χ0) is 18.1. The van der Waals surface area contributed by atoms with Crippen molar-refractivity contribution in [1.29, 1.82) is 0 Å². The average molecular weight is 345 g/mol. The van der Waals surface area contributed by atoms with Crippen LogP contribution in [0.4, 0.5) is 5.69 Å². The molecule has 0 aromatic heterocycles. The van der Waals surface area contributed by atoms with E-state index in [-0.39, 0.29) is 36.2 Å². The van der Waals surface area contributed by atoms with E-state index in [2.05, 4.69) is 0 Å². The Labute approximate surface area is 147 Å². The number of piperidine rings is 1. The van der Waals surface area contributed by atoms with Gasteiger partial charge in [0.15, 0.2) is 6.04 Å². The summed E-state index contributed by atoms with van der Waals surface area (Å²) in [6.45, 7) is 5.34. The first-order valence-electron chi connectivity index (χ1n) is 8.79. The molecule has 0 radical (unpaired) electrons. The molecule has 2 saturated heterocycles. The third-order valence-corrected chi connectivity index (χ3v) is 5.39. The summed E-state index contributed by atoms with van der Waals surface area (Å²) in [6.07, 6.45) is 1.64. The summed E-state index contributed by atoms with van der Waals surface area (Å²) in [6, 6.07) is 5.41. The van der Waals surface area contributed by atoms with Crippen LogP contribution in [0.1, 0.15) is 30.4 Å². The van der Waals surface area contributed by atoms with Crippen molar-refractivity contribution in [2.45, 2.75) is 39.2 Å². The molecule has 0 spiro atoms. The van der Waals surface area contributed by atoms with E-state index in [4.69, 9.17) is 4.74 Å². The number of anilines is 1. The fraction of sp³-hybridized carbons (Fsp3) is 0.526. The van der Waals surface area contributed by atoms with Crippen LogP contribution in [0.5, 0.6) is 0 Å². The molecule has 0 unspecified atom stereocenters. The lowest BCUT2D eigenvalue weighted by Crippen LogP contribution is -3.17. The van der Waals surface area contributed by atoms with E-state index in [1.807, 2.05) is 32.0 Å². The molecule has 0 bridgehead atoms. The van der Waals surface area contributed by atoms with Gasteiger partial charge in [-0.15, -0.1) is 0 Å². The van der Waals surface area contributed by atoms with Gasteiger partial charge in [-0.05, 0) is 25.5 Å². The molecule has 134 valence electrons. The van der Waals surface area contributed by atoms with Crippen molar-refractivity contribution in [1.82, 2.24) is 0 Å². The van der Waals surface area contributed by atoms with E-state index in [0.717, 1.165) is 16.0 Å². The maximum atomic E-state index is 12.9. The molecule has 1 aromatic rings. The molecule has 2 amide bonds. The van der Waals surface area contributed by atoms with Crippen LogP contribution in [0.2, 0.25) is 0 Å². The third kappa shape index (κ3) is 3.31. The highest BCUT2D eigenvalue weighted by molar-refractivity contribution is 6.22. The van der Waals surface area contributed by atoms with Gasteiger partial charge in [-0.1, -0.05) is 17.7 Å². The average Bonchev–Trinajstić information content (AvgIpc) is 2.89. The minimum Gasteiger partial charge on any atom is -0.469 e. The van der Waals surface area contributed by atoms with E-state index in [0.29, 0.717) is 31.6 Å². The summed E-state index contributed by atoms with van der Waals surface area (Å²) in [5.74, 6) is -0.519. The van der Waals surface area contributed by atoms with Crippen molar-refractivity contribution in [3.05, 3.63) is 29.3 Å². The Balaban J connectivity index is 1.73. The predicted molar refractivity (Wildman–Crippen MR) is 92.3 cm³/mol. The lowest BCUT2D eigenvalue weighted by molar-refractivity contribution is -0.920. The number of hydrogen-bond donors (Lipinski definition) is 1. The molecule has 3 rings (SSSR count). The van der Waals surface area contributed by atoms with Crippen molar-refractivity contribution >= 4 is 23.5 Å². The first-order valence-corrected chi connectivity index (χ1v) is 8.79. The molecule has 2 heterocycles. The molecular weight excluding hydrogens is 320 g/mol. The number of esters is 1. The molecule has 6 nitrogen and oxygen atoms in total. The number of hydrogen-bond acceptors (Lipinski definition) is 4. The lowest BCUT2D eigenvalue weighted by atomic mass is 9.95. The number of rotatable bonds is 3.